The second-order valence-electron chi connectivity index (χ2n) is 3.78. The first-order valence-corrected chi connectivity index (χ1v) is 4.81. The molecular formula is C9H15N3O. The van der Waals surface area contributed by atoms with Gasteiger partial charge < -0.3 is 5.11 Å². The molecule has 1 aliphatic carbocycles. The van der Waals surface area contributed by atoms with Crippen LogP contribution in [0.4, 0.5) is 0 Å². The molecule has 2 rings (SSSR count). The van der Waals surface area contributed by atoms with E-state index in [1.165, 1.54) is 6.42 Å². The zero-order valence-corrected chi connectivity index (χ0v) is 7.85. The minimum atomic E-state index is -0.217. The van der Waals surface area contributed by atoms with Gasteiger partial charge in [0.15, 0.2) is 0 Å². The van der Waals surface area contributed by atoms with E-state index < -0.39 is 0 Å². The van der Waals surface area contributed by atoms with Crippen molar-refractivity contribution in [3.05, 3.63) is 11.9 Å². The lowest BCUT2D eigenvalue weighted by atomic mass is 9.85. The van der Waals surface area contributed by atoms with Crippen molar-refractivity contribution in [1.29, 1.82) is 0 Å². The molecule has 0 radical (unpaired) electrons. The second-order valence-corrected chi connectivity index (χ2v) is 3.78. The first kappa shape index (κ1) is 8.69. The van der Waals surface area contributed by atoms with Crippen LogP contribution in [0.5, 0.6) is 0 Å². The van der Waals surface area contributed by atoms with Gasteiger partial charge in [0, 0.05) is 19.2 Å². The van der Waals surface area contributed by atoms with Gasteiger partial charge in [-0.1, -0.05) is 18.1 Å². The lowest BCUT2D eigenvalue weighted by molar-refractivity contribution is 0.104. The Hall–Kier alpha value is -0.900. The third-order valence-electron chi connectivity index (χ3n) is 2.73. The van der Waals surface area contributed by atoms with Gasteiger partial charge in [-0.15, -0.1) is 5.10 Å². The molecular weight excluding hydrogens is 166 g/mol. The van der Waals surface area contributed by atoms with Gasteiger partial charge in [-0.3, -0.25) is 4.68 Å². The minimum Gasteiger partial charge on any atom is -0.392 e. The molecule has 1 aromatic heterocycles. The van der Waals surface area contributed by atoms with Gasteiger partial charge in [-0.2, -0.15) is 0 Å². The number of hydrogen-bond acceptors (Lipinski definition) is 3. The molecule has 0 aliphatic heterocycles. The first-order chi connectivity index (χ1) is 6.27. The van der Waals surface area contributed by atoms with Crippen molar-refractivity contribution >= 4 is 0 Å². The largest absolute Gasteiger partial charge is 0.392 e. The molecule has 0 aromatic carbocycles. The van der Waals surface area contributed by atoms with Gasteiger partial charge >= 0.3 is 0 Å². The van der Waals surface area contributed by atoms with Gasteiger partial charge in [-0.05, 0) is 12.8 Å². The smallest absolute Gasteiger partial charge is 0.0883 e. The van der Waals surface area contributed by atoms with Crippen LogP contribution in [0.1, 0.15) is 37.3 Å². The summed E-state index contributed by atoms with van der Waals surface area (Å²) in [4.78, 5) is 0. The van der Waals surface area contributed by atoms with E-state index in [1.54, 1.807) is 4.68 Å². The molecule has 72 valence electrons. The van der Waals surface area contributed by atoms with Crippen LogP contribution < -0.4 is 0 Å². The van der Waals surface area contributed by atoms with Gasteiger partial charge in [0.2, 0.25) is 0 Å². The zero-order valence-electron chi connectivity index (χ0n) is 7.85. The van der Waals surface area contributed by atoms with Crippen LogP contribution in [0.3, 0.4) is 0 Å². The van der Waals surface area contributed by atoms with E-state index in [0.717, 1.165) is 25.0 Å². The summed E-state index contributed by atoms with van der Waals surface area (Å²) in [5.74, 6) is 0.211. The highest BCUT2D eigenvalue weighted by Crippen LogP contribution is 2.31. The van der Waals surface area contributed by atoms with Crippen LogP contribution in [0.25, 0.3) is 0 Å². The van der Waals surface area contributed by atoms with E-state index in [2.05, 4.69) is 10.3 Å². The SMILES string of the molecule is Cn1cc(C2CCCCC2O)nn1. The highest BCUT2D eigenvalue weighted by atomic mass is 16.3. The molecule has 1 saturated carbocycles. The number of aliphatic hydroxyl groups is 1. The highest BCUT2D eigenvalue weighted by molar-refractivity contribution is 5.05. The van der Waals surface area contributed by atoms with Crippen molar-refractivity contribution in [2.75, 3.05) is 0 Å². The Morgan fingerprint density at radius 1 is 1.46 bits per heavy atom. The average molecular weight is 181 g/mol. The van der Waals surface area contributed by atoms with Crippen LogP contribution in [0.2, 0.25) is 0 Å². The topological polar surface area (TPSA) is 50.9 Å². The standard InChI is InChI=1S/C9H15N3O/c1-12-6-8(10-11-12)7-4-2-3-5-9(7)13/h6-7,9,13H,2-5H2,1H3. The Balaban J connectivity index is 2.14. The van der Waals surface area contributed by atoms with Crippen LogP contribution in [-0.4, -0.2) is 26.2 Å². The zero-order chi connectivity index (χ0) is 9.26. The third kappa shape index (κ3) is 1.72. The summed E-state index contributed by atoms with van der Waals surface area (Å²) < 4.78 is 1.69. The predicted octanol–water partition coefficient (Wildman–Crippen LogP) is 0.834. The molecule has 4 heteroatoms. The van der Waals surface area contributed by atoms with E-state index >= 15 is 0 Å². The van der Waals surface area contributed by atoms with E-state index in [-0.39, 0.29) is 12.0 Å². The number of aliphatic hydroxyl groups excluding tert-OH is 1. The number of aryl methyl sites for hydroxylation is 1. The number of aromatic nitrogens is 3. The summed E-state index contributed by atoms with van der Waals surface area (Å²) in [5, 5.41) is 17.7. The Morgan fingerprint density at radius 2 is 2.23 bits per heavy atom. The molecule has 0 spiro atoms. The van der Waals surface area contributed by atoms with Crippen LogP contribution >= 0.6 is 0 Å². The Morgan fingerprint density at radius 3 is 2.85 bits per heavy atom. The van der Waals surface area contributed by atoms with E-state index in [9.17, 15) is 5.11 Å². The van der Waals surface area contributed by atoms with E-state index in [4.69, 9.17) is 0 Å². The molecule has 2 atom stereocenters. The Kier molecular flexibility index (Phi) is 2.31. The molecule has 2 unspecified atom stereocenters. The molecule has 0 saturated heterocycles. The molecule has 13 heavy (non-hydrogen) atoms. The molecule has 0 amide bonds. The molecule has 0 bridgehead atoms. The summed E-state index contributed by atoms with van der Waals surface area (Å²) in [5.41, 5.74) is 0.940. The van der Waals surface area contributed by atoms with Crippen molar-refractivity contribution < 1.29 is 5.11 Å². The van der Waals surface area contributed by atoms with Crippen molar-refractivity contribution in [3.8, 4) is 0 Å². The second kappa shape index (κ2) is 3.46. The maximum atomic E-state index is 9.75. The van der Waals surface area contributed by atoms with Crippen LogP contribution in [0.15, 0.2) is 6.20 Å². The normalized spacial score (nSPS) is 29.1. The van der Waals surface area contributed by atoms with Gasteiger partial charge in [0.05, 0.1) is 11.8 Å². The van der Waals surface area contributed by atoms with Crippen molar-refractivity contribution in [1.82, 2.24) is 15.0 Å². The Labute approximate surface area is 77.6 Å². The first-order valence-electron chi connectivity index (χ1n) is 4.81. The summed E-state index contributed by atoms with van der Waals surface area (Å²) in [6, 6.07) is 0. The Bertz CT molecular complexity index is 284. The summed E-state index contributed by atoms with van der Waals surface area (Å²) in [6.07, 6.45) is 5.96. The fraction of sp³-hybridized carbons (Fsp3) is 0.778. The summed E-state index contributed by atoms with van der Waals surface area (Å²) >= 11 is 0. The highest BCUT2D eigenvalue weighted by Gasteiger charge is 2.26. The quantitative estimate of drug-likeness (QED) is 0.698. The number of hydrogen-bond donors (Lipinski definition) is 1. The predicted molar refractivity (Wildman–Crippen MR) is 48.2 cm³/mol. The lowest BCUT2D eigenvalue weighted by Crippen LogP contribution is -2.22. The number of nitrogens with zero attached hydrogens (tertiary/aromatic N) is 3. The monoisotopic (exact) mass is 181 g/mol. The van der Waals surface area contributed by atoms with E-state index in [0.29, 0.717) is 0 Å². The fourth-order valence-electron chi connectivity index (χ4n) is 1.99. The van der Waals surface area contributed by atoms with Crippen LogP contribution in [-0.2, 0) is 7.05 Å². The van der Waals surface area contributed by atoms with Gasteiger partial charge in [-0.25, -0.2) is 0 Å². The maximum Gasteiger partial charge on any atom is 0.0883 e. The van der Waals surface area contributed by atoms with Crippen molar-refractivity contribution in [2.24, 2.45) is 7.05 Å². The van der Waals surface area contributed by atoms with E-state index in [1.807, 2.05) is 13.2 Å². The minimum absolute atomic E-state index is 0.211. The van der Waals surface area contributed by atoms with Crippen molar-refractivity contribution in [2.45, 2.75) is 37.7 Å². The maximum absolute atomic E-state index is 9.75. The molecule has 1 fully saturated rings. The molecule has 1 N–H and O–H groups in total. The average Bonchev–Trinajstić information content (AvgIpc) is 2.53. The third-order valence-corrected chi connectivity index (χ3v) is 2.73. The van der Waals surface area contributed by atoms with Gasteiger partial charge in [0.25, 0.3) is 0 Å². The molecule has 1 aromatic rings. The lowest BCUT2D eigenvalue weighted by Gasteiger charge is -2.25. The van der Waals surface area contributed by atoms with Crippen LogP contribution in [0, 0.1) is 0 Å². The fourth-order valence-corrected chi connectivity index (χ4v) is 1.99. The summed E-state index contributed by atoms with van der Waals surface area (Å²) in [6.45, 7) is 0. The molecule has 1 aliphatic rings. The summed E-state index contributed by atoms with van der Waals surface area (Å²) in [7, 11) is 1.85. The number of rotatable bonds is 1. The van der Waals surface area contributed by atoms with Crippen molar-refractivity contribution in [3.63, 3.8) is 0 Å². The molecule has 4 nitrogen and oxygen atoms in total. The molecule has 1 heterocycles. The van der Waals surface area contributed by atoms with Gasteiger partial charge in [0.1, 0.15) is 0 Å².